The average Bonchev–Trinajstić information content (AvgIpc) is 3.54. The monoisotopic (exact) mass is 528 g/mol. The predicted octanol–water partition coefficient (Wildman–Crippen LogP) is 4.61. The van der Waals surface area contributed by atoms with Crippen LogP contribution >= 0.6 is 0 Å². The first-order chi connectivity index (χ1) is 18.9. The van der Waals surface area contributed by atoms with E-state index in [1.54, 1.807) is 6.92 Å². The summed E-state index contributed by atoms with van der Waals surface area (Å²) in [6, 6.07) is 12.8. The maximum absolute atomic E-state index is 13.9. The second-order valence-corrected chi connectivity index (χ2v) is 11.2. The molecule has 39 heavy (non-hydrogen) atoms. The molecule has 2 bridgehead atoms. The molecule has 4 heterocycles. The van der Waals surface area contributed by atoms with E-state index in [0.717, 1.165) is 42.9 Å². The summed E-state index contributed by atoms with van der Waals surface area (Å²) in [6.07, 6.45) is 10.9. The molecule has 8 nitrogen and oxygen atoms in total. The molecule has 2 aromatic heterocycles. The van der Waals surface area contributed by atoms with Crippen LogP contribution in [-0.2, 0) is 29.2 Å². The van der Waals surface area contributed by atoms with E-state index in [1.807, 2.05) is 52.8 Å². The third kappa shape index (κ3) is 6.22. The van der Waals surface area contributed by atoms with Gasteiger partial charge in [0.15, 0.2) is 0 Å². The molecule has 1 saturated heterocycles. The van der Waals surface area contributed by atoms with Crippen LogP contribution in [0.15, 0.2) is 61.2 Å². The topological polar surface area (TPSA) is 74.6 Å². The van der Waals surface area contributed by atoms with Gasteiger partial charge in [0.25, 0.3) is 0 Å². The van der Waals surface area contributed by atoms with Crippen molar-refractivity contribution in [1.29, 1.82) is 0 Å². The molecule has 0 saturated carbocycles. The summed E-state index contributed by atoms with van der Waals surface area (Å²) < 4.78 is 2.10. The second kappa shape index (κ2) is 12.1. The molecule has 5 rings (SSSR count). The van der Waals surface area contributed by atoms with E-state index in [4.69, 9.17) is 0 Å². The standard InChI is InChI=1S/C31H40N6O2/c1-23(2)31-33-16-19-34(31)17-13-30(39)35-21-26-6-4-5-7-29(26)36(24(3)38)18-12-27-8-9-28(22-35)37(27)20-25-10-14-32-15-11-25/h4-7,10-11,14-16,19,23,27-28H,8-9,12-13,17-18,20-22H2,1-3H3. The molecular weight excluding hydrogens is 488 g/mol. The van der Waals surface area contributed by atoms with E-state index in [0.29, 0.717) is 44.6 Å². The van der Waals surface area contributed by atoms with E-state index < -0.39 is 0 Å². The van der Waals surface area contributed by atoms with Gasteiger partial charge >= 0.3 is 0 Å². The summed E-state index contributed by atoms with van der Waals surface area (Å²) in [5.74, 6) is 1.48. The van der Waals surface area contributed by atoms with Crippen molar-refractivity contribution in [2.45, 2.75) is 84.1 Å². The highest BCUT2D eigenvalue weighted by molar-refractivity contribution is 5.92. The minimum atomic E-state index is 0.0381. The van der Waals surface area contributed by atoms with Crippen molar-refractivity contribution < 1.29 is 9.59 Å². The number of aryl methyl sites for hydroxylation is 1. The van der Waals surface area contributed by atoms with Crippen LogP contribution in [0, 0.1) is 0 Å². The Labute approximate surface area is 231 Å². The van der Waals surface area contributed by atoms with Gasteiger partial charge in [-0.1, -0.05) is 32.0 Å². The molecule has 8 heteroatoms. The lowest BCUT2D eigenvalue weighted by molar-refractivity contribution is -0.133. The van der Waals surface area contributed by atoms with Gasteiger partial charge in [-0.2, -0.15) is 0 Å². The van der Waals surface area contributed by atoms with Crippen LogP contribution < -0.4 is 4.90 Å². The van der Waals surface area contributed by atoms with Crippen molar-refractivity contribution in [2.75, 3.05) is 18.0 Å². The number of hydrogen-bond donors (Lipinski definition) is 0. The van der Waals surface area contributed by atoms with Gasteiger partial charge in [0.2, 0.25) is 11.8 Å². The Kier molecular flexibility index (Phi) is 8.41. The number of amides is 2. The van der Waals surface area contributed by atoms with Gasteiger partial charge < -0.3 is 14.4 Å². The van der Waals surface area contributed by atoms with Crippen LogP contribution in [0.2, 0.25) is 0 Å². The van der Waals surface area contributed by atoms with Crippen molar-refractivity contribution in [3.63, 3.8) is 0 Å². The van der Waals surface area contributed by atoms with Gasteiger partial charge in [0.05, 0.1) is 0 Å². The van der Waals surface area contributed by atoms with Gasteiger partial charge in [-0.3, -0.25) is 19.5 Å². The third-order valence-electron chi connectivity index (χ3n) is 8.21. The Balaban J connectivity index is 1.45. The van der Waals surface area contributed by atoms with E-state index in [-0.39, 0.29) is 17.9 Å². The first-order valence-electron chi connectivity index (χ1n) is 14.2. The molecule has 2 amide bonds. The van der Waals surface area contributed by atoms with Crippen LogP contribution in [0.3, 0.4) is 0 Å². The number of carbonyl (C=O) groups excluding carboxylic acids is 2. The van der Waals surface area contributed by atoms with Crippen LogP contribution in [0.1, 0.15) is 69.3 Å². The normalized spacial score (nSPS) is 20.1. The third-order valence-corrected chi connectivity index (χ3v) is 8.21. The molecule has 0 aliphatic carbocycles. The van der Waals surface area contributed by atoms with Gasteiger partial charge in [-0.05, 0) is 48.6 Å². The Morgan fingerprint density at radius 3 is 2.54 bits per heavy atom. The van der Waals surface area contributed by atoms with Gasteiger partial charge in [0.1, 0.15) is 5.82 Å². The number of rotatable bonds is 6. The highest BCUT2D eigenvalue weighted by Gasteiger charge is 2.36. The first kappa shape index (κ1) is 27.1. The molecular formula is C31H40N6O2. The first-order valence-corrected chi connectivity index (χ1v) is 14.2. The lowest BCUT2D eigenvalue weighted by Crippen LogP contribution is -2.45. The van der Waals surface area contributed by atoms with Crippen LogP contribution in [0.4, 0.5) is 5.69 Å². The number of imidazole rings is 1. The summed E-state index contributed by atoms with van der Waals surface area (Å²) in [6.45, 7) is 9.16. The zero-order chi connectivity index (χ0) is 27.4. The average molecular weight is 529 g/mol. The molecule has 2 atom stereocenters. The number of carbonyl (C=O) groups is 2. The summed E-state index contributed by atoms with van der Waals surface area (Å²) in [5, 5.41) is 0. The number of pyridine rings is 1. The smallest absolute Gasteiger partial charge is 0.224 e. The molecule has 1 fully saturated rings. The van der Waals surface area contributed by atoms with E-state index in [1.165, 1.54) is 5.56 Å². The minimum absolute atomic E-state index is 0.0381. The summed E-state index contributed by atoms with van der Waals surface area (Å²) in [4.78, 5) is 41.9. The molecule has 1 aromatic carbocycles. The van der Waals surface area contributed by atoms with Crippen LogP contribution in [0.25, 0.3) is 0 Å². The number of nitrogens with zero attached hydrogens (tertiary/aromatic N) is 6. The molecule has 0 spiro atoms. The largest absolute Gasteiger partial charge is 0.337 e. The SMILES string of the molecule is CC(=O)N1CCC2CCC(CN(C(=O)CCn3ccnc3C(C)C)Cc3ccccc31)N2Cc1ccncc1. The van der Waals surface area contributed by atoms with Crippen molar-refractivity contribution in [1.82, 2.24) is 24.3 Å². The maximum atomic E-state index is 13.9. The van der Waals surface area contributed by atoms with Gasteiger partial charge in [0, 0.05) is 94.5 Å². The van der Waals surface area contributed by atoms with Gasteiger partial charge in [-0.15, -0.1) is 0 Å². The fraction of sp³-hybridized carbons (Fsp3) is 0.484. The fourth-order valence-electron chi connectivity index (χ4n) is 6.21. The number of benzene rings is 1. The zero-order valence-electron chi connectivity index (χ0n) is 23.4. The quantitative estimate of drug-likeness (QED) is 0.467. The summed E-state index contributed by atoms with van der Waals surface area (Å²) >= 11 is 0. The number of anilines is 1. The lowest BCUT2D eigenvalue weighted by atomic mass is 10.1. The van der Waals surface area contributed by atoms with Crippen molar-refractivity contribution in [3.05, 3.63) is 78.1 Å². The minimum Gasteiger partial charge on any atom is -0.337 e. The summed E-state index contributed by atoms with van der Waals surface area (Å²) in [7, 11) is 0. The van der Waals surface area contributed by atoms with E-state index >= 15 is 0 Å². The molecule has 2 aliphatic rings. The van der Waals surface area contributed by atoms with E-state index in [9.17, 15) is 9.59 Å². The van der Waals surface area contributed by atoms with Crippen LogP contribution in [-0.4, -0.2) is 61.3 Å². The molecule has 206 valence electrons. The molecule has 0 radical (unpaired) electrons. The second-order valence-electron chi connectivity index (χ2n) is 11.2. The Morgan fingerprint density at radius 1 is 1.00 bits per heavy atom. The maximum Gasteiger partial charge on any atom is 0.224 e. The van der Waals surface area contributed by atoms with Crippen LogP contribution in [0.5, 0.6) is 0 Å². The molecule has 2 aliphatic heterocycles. The van der Waals surface area contributed by atoms with Crippen molar-refractivity contribution in [2.24, 2.45) is 0 Å². The molecule has 3 aromatic rings. The van der Waals surface area contributed by atoms with Crippen molar-refractivity contribution in [3.8, 4) is 0 Å². The number of fused-ring (bicyclic) bond motifs is 3. The summed E-state index contributed by atoms with van der Waals surface area (Å²) in [5.41, 5.74) is 3.16. The Bertz CT molecular complexity index is 1270. The number of para-hydroxylation sites is 1. The van der Waals surface area contributed by atoms with Gasteiger partial charge in [-0.25, -0.2) is 4.98 Å². The molecule has 2 unspecified atom stereocenters. The Hall–Kier alpha value is -3.52. The molecule has 0 N–H and O–H groups in total. The number of aromatic nitrogens is 3. The van der Waals surface area contributed by atoms with E-state index in [2.05, 4.69) is 51.5 Å². The highest BCUT2D eigenvalue weighted by atomic mass is 16.2. The van der Waals surface area contributed by atoms with Crippen molar-refractivity contribution >= 4 is 17.5 Å². The fourth-order valence-corrected chi connectivity index (χ4v) is 6.21. The predicted molar refractivity (Wildman–Crippen MR) is 152 cm³/mol. The zero-order valence-corrected chi connectivity index (χ0v) is 23.4. The highest BCUT2D eigenvalue weighted by Crippen LogP contribution is 2.32. The Morgan fingerprint density at radius 2 is 1.77 bits per heavy atom. The lowest BCUT2D eigenvalue weighted by Gasteiger charge is -2.34. The number of hydrogen-bond acceptors (Lipinski definition) is 5.